The van der Waals surface area contributed by atoms with Crippen molar-refractivity contribution >= 4 is 33.5 Å². The maximum absolute atomic E-state index is 13.1. The van der Waals surface area contributed by atoms with Crippen LogP contribution in [0.2, 0.25) is 0 Å². The van der Waals surface area contributed by atoms with E-state index in [-0.39, 0.29) is 10.5 Å². The molecule has 3 N–H and O–H groups in total. The van der Waals surface area contributed by atoms with E-state index in [1.807, 2.05) is 31.2 Å². The molecule has 0 spiro atoms. The number of carboxylic acid groups (broad SMARTS) is 1. The van der Waals surface area contributed by atoms with Gasteiger partial charge >= 0.3 is 6.09 Å². The Morgan fingerprint density at radius 1 is 1.03 bits per heavy atom. The standard InChI is InChI=1S/C24H19N7O5S/c1-15-3-7-17(8-4-15)31-21(27-23(32)19-14-26-30-12-2-11-25-22(19)30)13-20(28-31)16-5-9-18(10-6-16)37(35,36)29-24(33)34/h2-14,29H,1H3,(H,27,32)(H,33,34). The summed E-state index contributed by atoms with van der Waals surface area (Å²) in [6.45, 7) is 1.95. The Morgan fingerprint density at radius 3 is 2.46 bits per heavy atom. The van der Waals surface area contributed by atoms with Crippen LogP contribution >= 0.6 is 0 Å². The van der Waals surface area contributed by atoms with Crippen LogP contribution in [0.1, 0.15) is 15.9 Å². The average molecular weight is 518 g/mol. The van der Waals surface area contributed by atoms with Gasteiger partial charge in [0.15, 0.2) is 5.65 Å². The zero-order valence-electron chi connectivity index (χ0n) is 19.2. The normalized spacial score (nSPS) is 11.4. The number of hydrogen-bond acceptors (Lipinski definition) is 7. The molecule has 0 fully saturated rings. The number of rotatable bonds is 6. The van der Waals surface area contributed by atoms with Crippen LogP contribution in [0, 0.1) is 6.92 Å². The highest BCUT2D eigenvalue weighted by atomic mass is 32.2. The summed E-state index contributed by atoms with van der Waals surface area (Å²) >= 11 is 0. The fraction of sp³-hybridized carbons (Fsp3) is 0.0417. The molecular weight excluding hydrogens is 498 g/mol. The van der Waals surface area contributed by atoms with Gasteiger partial charge in [-0.25, -0.2) is 32.1 Å². The fourth-order valence-corrected chi connectivity index (χ4v) is 4.49. The molecule has 0 aliphatic heterocycles. The van der Waals surface area contributed by atoms with Gasteiger partial charge in [0.2, 0.25) is 0 Å². The first kappa shape index (κ1) is 23.7. The molecule has 0 saturated heterocycles. The first-order chi connectivity index (χ1) is 17.7. The van der Waals surface area contributed by atoms with Crippen molar-refractivity contribution in [2.24, 2.45) is 0 Å². The molecule has 5 aromatic rings. The van der Waals surface area contributed by atoms with Crippen LogP contribution in [0.5, 0.6) is 0 Å². The van der Waals surface area contributed by atoms with Crippen molar-refractivity contribution in [2.45, 2.75) is 11.8 Å². The topological polar surface area (TPSA) is 161 Å². The van der Waals surface area contributed by atoms with Gasteiger partial charge < -0.3 is 10.4 Å². The summed E-state index contributed by atoms with van der Waals surface area (Å²) in [6, 6.07) is 16.4. The van der Waals surface area contributed by atoms with Crippen LogP contribution in [0.15, 0.2) is 84.1 Å². The molecule has 0 radical (unpaired) electrons. The van der Waals surface area contributed by atoms with E-state index in [2.05, 4.69) is 20.5 Å². The highest BCUT2D eigenvalue weighted by Gasteiger charge is 2.20. The summed E-state index contributed by atoms with van der Waals surface area (Å²) in [5, 5.41) is 20.4. The highest BCUT2D eigenvalue weighted by molar-refractivity contribution is 7.90. The van der Waals surface area contributed by atoms with Crippen LogP contribution in [-0.2, 0) is 10.0 Å². The van der Waals surface area contributed by atoms with Crippen LogP contribution in [0.4, 0.5) is 10.6 Å². The quantitative estimate of drug-likeness (QED) is 0.310. The Balaban J connectivity index is 1.52. The van der Waals surface area contributed by atoms with E-state index < -0.39 is 22.0 Å². The molecule has 0 aliphatic rings. The molecule has 5 rings (SSSR count). The average Bonchev–Trinajstić information content (AvgIpc) is 3.48. The van der Waals surface area contributed by atoms with E-state index in [1.165, 1.54) is 39.7 Å². The zero-order valence-corrected chi connectivity index (χ0v) is 20.0. The van der Waals surface area contributed by atoms with E-state index in [0.717, 1.165) is 5.56 Å². The lowest BCUT2D eigenvalue weighted by atomic mass is 10.1. The minimum Gasteiger partial charge on any atom is -0.464 e. The molecule has 2 amide bonds. The van der Waals surface area contributed by atoms with E-state index in [4.69, 9.17) is 5.11 Å². The van der Waals surface area contributed by atoms with Gasteiger partial charge in [-0.3, -0.25) is 4.79 Å². The van der Waals surface area contributed by atoms with E-state index in [9.17, 15) is 18.0 Å². The number of aryl methyl sites for hydroxylation is 1. The second-order valence-corrected chi connectivity index (χ2v) is 9.68. The number of fused-ring (bicyclic) bond motifs is 1. The molecule has 2 aromatic carbocycles. The van der Waals surface area contributed by atoms with Crippen molar-refractivity contribution in [3.05, 3.63) is 90.4 Å². The number of sulfonamides is 1. The van der Waals surface area contributed by atoms with E-state index in [1.54, 1.807) is 29.2 Å². The zero-order chi connectivity index (χ0) is 26.2. The summed E-state index contributed by atoms with van der Waals surface area (Å²) in [5.41, 5.74) is 3.41. The summed E-state index contributed by atoms with van der Waals surface area (Å²) in [7, 11) is -4.21. The Kier molecular flexibility index (Phi) is 5.89. The third-order valence-corrected chi connectivity index (χ3v) is 6.77. The predicted octanol–water partition coefficient (Wildman–Crippen LogP) is 3.10. The largest absolute Gasteiger partial charge is 0.464 e. The van der Waals surface area contributed by atoms with Gasteiger partial charge in [-0.15, -0.1) is 0 Å². The molecule has 0 bridgehead atoms. The Bertz CT molecular complexity index is 1740. The number of nitrogens with one attached hydrogen (secondary N) is 2. The summed E-state index contributed by atoms with van der Waals surface area (Å²) in [5.74, 6) is -0.0712. The van der Waals surface area contributed by atoms with Gasteiger partial charge in [0.05, 0.1) is 22.5 Å². The predicted molar refractivity (Wildman–Crippen MR) is 133 cm³/mol. The second-order valence-electron chi connectivity index (χ2n) is 8.00. The number of hydrogen-bond donors (Lipinski definition) is 3. The van der Waals surface area contributed by atoms with Gasteiger partial charge in [0.25, 0.3) is 15.9 Å². The molecule has 3 aromatic heterocycles. The summed E-state index contributed by atoms with van der Waals surface area (Å²) < 4.78 is 28.8. The van der Waals surface area contributed by atoms with Crippen LogP contribution in [0.25, 0.3) is 22.6 Å². The number of benzene rings is 2. The Labute approximate surface area is 210 Å². The third kappa shape index (κ3) is 4.75. The number of carbonyl (C=O) groups is 2. The molecule has 3 heterocycles. The van der Waals surface area contributed by atoms with Crippen LogP contribution in [0.3, 0.4) is 0 Å². The first-order valence-corrected chi connectivity index (χ1v) is 12.3. The number of aromatic nitrogens is 5. The van der Waals surface area contributed by atoms with Crippen molar-refractivity contribution in [1.29, 1.82) is 0 Å². The van der Waals surface area contributed by atoms with E-state index in [0.29, 0.717) is 28.4 Å². The Hall–Kier alpha value is -5.04. The molecule has 186 valence electrons. The smallest absolute Gasteiger partial charge is 0.418 e. The highest BCUT2D eigenvalue weighted by Crippen LogP contribution is 2.27. The second kappa shape index (κ2) is 9.20. The Morgan fingerprint density at radius 2 is 1.76 bits per heavy atom. The molecular formula is C24H19N7O5S. The number of nitrogens with zero attached hydrogens (tertiary/aromatic N) is 5. The van der Waals surface area contributed by atoms with Crippen LogP contribution < -0.4 is 10.0 Å². The van der Waals surface area contributed by atoms with Crippen LogP contribution in [-0.4, -0.2) is 49.9 Å². The monoisotopic (exact) mass is 517 g/mol. The van der Waals surface area contributed by atoms with Crippen molar-refractivity contribution in [2.75, 3.05) is 5.32 Å². The van der Waals surface area contributed by atoms with Gasteiger partial charge in [-0.1, -0.05) is 29.8 Å². The maximum Gasteiger partial charge on any atom is 0.418 e. The molecule has 37 heavy (non-hydrogen) atoms. The molecule has 12 nitrogen and oxygen atoms in total. The molecule has 0 aliphatic carbocycles. The maximum atomic E-state index is 13.1. The van der Waals surface area contributed by atoms with Crippen molar-refractivity contribution in [3.8, 4) is 16.9 Å². The molecule has 0 unspecified atom stereocenters. The van der Waals surface area contributed by atoms with Gasteiger partial charge in [-0.05, 0) is 37.3 Å². The summed E-state index contributed by atoms with van der Waals surface area (Å²) in [6.07, 6.45) is 3.00. The van der Waals surface area contributed by atoms with Crippen molar-refractivity contribution < 1.29 is 23.1 Å². The molecule has 0 saturated carbocycles. The van der Waals surface area contributed by atoms with E-state index >= 15 is 0 Å². The number of anilines is 1. The lowest BCUT2D eigenvalue weighted by molar-refractivity contribution is 0.102. The molecule has 0 atom stereocenters. The number of amides is 2. The van der Waals surface area contributed by atoms with Crippen molar-refractivity contribution in [1.82, 2.24) is 29.1 Å². The lowest BCUT2D eigenvalue weighted by Crippen LogP contribution is -2.28. The minimum absolute atomic E-state index is 0.217. The third-order valence-electron chi connectivity index (χ3n) is 5.44. The minimum atomic E-state index is -4.21. The van der Waals surface area contributed by atoms with Gasteiger partial charge in [0, 0.05) is 24.0 Å². The first-order valence-electron chi connectivity index (χ1n) is 10.8. The SMILES string of the molecule is Cc1ccc(-n2nc(-c3ccc(S(=O)(=O)NC(=O)O)cc3)cc2NC(=O)c2cnn3cccnc23)cc1. The van der Waals surface area contributed by atoms with Crippen molar-refractivity contribution in [3.63, 3.8) is 0 Å². The van der Waals surface area contributed by atoms with Gasteiger partial charge in [0.1, 0.15) is 11.4 Å². The number of carbonyl (C=O) groups excluding carboxylic acids is 1. The fourth-order valence-electron chi connectivity index (χ4n) is 3.64. The summed E-state index contributed by atoms with van der Waals surface area (Å²) in [4.78, 5) is 27.9. The van der Waals surface area contributed by atoms with Gasteiger partial charge in [-0.2, -0.15) is 10.2 Å². The lowest BCUT2D eigenvalue weighted by Gasteiger charge is -2.08. The molecule has 13 heteroatoms.